The number of piperazine rings is 1. The maximum atomic E-state index is 12.9. The number of hydrogen-bond acceptors (Lipinski definition) is 2. The molecule has 0 saturated carbocycles. The van der Waals surface area contributed by atoms with E-state index in [0.717, 1.165) is 25.6 Å². The van der Waals surface area contributed by atoms with Gasteiger partial charge in [0, 0.05) is 39.3 Å². The van der Waals surface area contributed by atoms with E-state index in [9.17, 15) is 4.39 Å². The Kier molecular flexibility index (Phi) is 5.04. The average Bonchev–Trinajstić information content (AvgIpc) is 2.53. The van der Waals surface area contributed by atoms with Crippen LogP contribution in [-0.4, -0.2) is 42.5 Å². The molecule has 1 saturated heterocycles. The summed E-state index contributed by atoms with van der Waals surface area (Å²) in [6.07, 6.45) is 8.54. The Balaban J connectivity index is 1.42. The van der Waals surface area contributed by atoms with Crippen LogP contribution in [0.4, 0.5) is 4.39 Å². The van der Waals surface area contributed by atoms with Gasteiger partial charge in [-0.1, -0.05) is 24.3 Å². The molecule has 1 atom stereocenters. The highest BCUT2D eigenvalue weighted by Crippen LogP contribution is 2.20. The number of halogens is 1. The average molecular weight is 288 g/mol. The highest BCUT2D eigenvalue weighted by molar-refractivity contribution is 5.15. The van der Waals surface area contributed by atoms with Gasteiger partial charge in [-0.15, -0.1) is 0 Å². The smallest absolute Gasteiger partial charge is 0.123 e. The lowest BCUT2D eigenvalue weighted by Crippen LogP contribution is -2.47. The van der Waals surface area contributed by atoms with Gasteiger partial charge < -0.3 is 4.90 Å². The molecule has 1 aliphatic carbocycles. The van der Waals surface area contributed by atoms with Gasteiger partial charge in [0.15, 0.2) is 0 Å². The SMILES string of the molecule is Fc1ccc(CN2CCN(C[C@H]3CC=CCC3)CC2)cc1. The summed E-state index contributed by atoms with van der Waals surface area (Å²) in [6, 6.07) is 6.91. The summed E-state index contributed by atoms with van der Waals surface area (Å²) in [5, 5.41) is 0. The highest BCUT2D eigenvalue weighted by atomic mass is 19.1. The van der Waals surface area contributed by atoms with Gasteiger partial charge in [-0.25, -0.2) is 4.39 Å². The molecule has 1 aliphatic heterocycles. The van der Waals surface area contributed by atoms with E-state index in [1.54, 1.807) is 12.1 Å². The fourth-order valence-corrected chi connectivity index (χ4v) is 3.37. The van der Waals surface area contributed by atoms with E-state index in [1.165, 1.54) is 44.5 Å². The van der Waals surface area contributed by atoms with Crippen molar-refractivity contribution in [3.8, 4) is 0 Å². The van der Waals surface area contributed by atoms with Crippen molar-refractivity contribution >= 4 is 0 Å². The monoisotopic (exact) mass is 288 g/mol. The van der Waals surface area contributed by atoms with E-state index in [2.05, 4.69) is 22.0 Å². The quantitative estimate of drug-likeness (QED) is 0.784. The third-order valence-electron chi connectivity index (χ3n) is 4.68. The van der Waals surface area contributed by atoms with Gasteiger partial charge in [0.2, 0.25) is 0 Å². The number of hydrogen-bond donors (Lipinski definition) is 0. The molecule has 0 unspecified atom stereocenters. The molecule has 0 radical (unpaired) electrons. The summed E-state index contributed by atoms with van der Waals surface area (Å²) in [5.74, 6) is 0.712. The largest absolute Gasteiger partial charge is 0.301 e. The van der Waals surface area contributed by atoms with Crippen molar-refractivity contribution in [2.75, 3.05) is 32.7 Å². The van der Waals surface area contributed by atoms with E-state index in [0.29, 0.717) is 0 Å². The van der Waals surface area contributed by atoms with Crippen LogP contribution in [-0.2, 0) is 6.54 Å². The second kappa shape index (κ2) is 7.19. The van der Waals surface area contributed by atoms with Crippen LogP contribution in [0.2, 0.25) is 0 Å². The molecular weight excluding hydrogens is 263 g/mol. The van der Waals surface area contributed by atoms with Gasteiger partial charge >= 0.3 is 0 Å². The van der Waals surface area contributed by atoms with E-state index >= 15 is 0 Å². The molecule has 0 amide bonds. The molecule has 1 aromatic carbocycles. The lowest BCUT2D eigenvalue weighted by molar-refractivity contribution is 0.111. The predicted molar refractivity (Wildman–Crippen MR) is 84.6 cm³/mol. The summed E-state index contributed by atoms with van der Waals surface area (Å²) >= 11 is 0. The van der Waals surface area contributed by atoms with Crippen molar-refractivity contribution in [3.63, 3.8) is 0 Å². The van der Waals surface area contributed by atoms with E-state index in [-0.39, 0.29) is 5.82 Å². The molecule has 1 aromatic rings. The molecule has 2 aliphatic rings. The Morgan fingerprint density at radius 3 is 2.33 bits per heavy atom. The Labute approximate surface area is 127 Å². The molecule has 3 heteroatoms. The second-order valence-corrected chi connectivity index (χ2v) is 6.35. The van der Waals surface area contributed by atoms with Gasteiger partial charge in [0.05, 0.1) is 0 Å². The summed E-state index contributed by atoms with van der Waals surface area (Å²) < 4.78 is 12.9. The number of rotatable bonds is 4. The van der Waals surface area contributed by atoms with Gasteiger partial charge in [0.1, 0.15) is 5.82 Å². The van der Waals surface area contributed by atoms with Crippen LogP contribution in [0, 0.1) is 11.7 Å². The van der Waals surface area contributed by atoms with Crippen molar-refractivity contribution in [3.05, 3.63) is 47.8 Å². The molecule has 2 nitrogen and oxygen atoms in total. The van der Waals surface area contributed by atoms with E-state index in [1.807, 2.05) is 12.1 Å². The fraction of sp³-hybridized carbons (Fsp3) is 0.556. The van der Waals surface area contributed by atoms with Gasteiger partial charge in [-0.3, -0.25) is 4.90 Å². The lowest BCUT2D eigenvalue weighted by Gasteiger charge is -2.36. The predicted octanol–water partition coefficient (Wildman–Crippen LogP) is 3.30. The molecule has 0 spiro atoms. The van der Waals surface area contributed by atoms with Gasteiger partial charge in [0.25, 0.3) is 0 Å². The van der Waals surface area contributed by atoms with Crippen LogP contribution >= 0.6 is 0 Å². The lowest BCUT2D eigenvalue weighted by atomic mass is 9.94. The summed E-state index contributed by atoms with van der Waals surface area (Å²) in [4.78, 5) is 5.09. The van der Waals surface area contributed by atoms with Crippen molar-refractivity contribution < 1.29 is 4.39 Å². The molecule has 0 bridgehead atoms. The van der Waals surface area contributed by atoms with Gasteiger partial charge in [-0.05, 0) is 42.9 Å². The molecule has 0 N–H and O–H groups in total. The number of nitrogens with zero attached hydrogens (tertiary/aromatic N) is 2. The molecule has 1 fully saturated rings. The van der Waals surface area contributed by atoms with E-state index in [4.69, 9.17) is 0 Å². The summed E-state index contributed by atoms with van der Waals surface area (Å²) in [5.41, 5.74) is 1.21. The topological polar surface area (TPSA) is 6.48 Å². The minimum Gasteiger partial charge on any atom is -0.301 e. The first kappa shape index (κ1) is 14.7. The molecule has 0 aromatic heterocycles. The molecule has 1 heterocycles. The second-order valence-electron chi connectivity index (χ2n) is 6.35. The number of benzene rings is 1. The molecule has 21 heavy (non-hydrogen) atoms. The van der Waals surface area contributed by atoms with Crippen LogP contribution in [0.25, 0.3) is 0 Å². The maximum absolute atomic E-state index is 12.9. The third-order valence-corrected chi connectivity index (χ3v) is 4.68. The minimum atomic E-state index is -0.148. The minimum absolute atomic E-state index is 0.148. The van der Waals surface area contributed by atoms with Crippen LogP contribution < -0.4 is 0 Å². The van der Waals surface area contributed by atoms with Gasteiger partial charge in [-0.2, -0.15) is 0 Å². The zero-order valence-electron chi connectivity index (χ0n) is 12.7. The molecular formula is C18H25FN2. The zero-order valence-corrected chi connectivity index (χ0v) is 12.7. The van der Waals surface area contributed by atoms with Crippen molar-refractivity contribution in [2.45, 2.75) is 25.8 Å². The molecule has 114 valence electrons. The Morgan fingerprint density at radius 2 is 1.67 bits per heavy atom. The fourth-order valence-electron chi connectivity index (χ4n) is 3.37. The summed E-state index contributed by atoms with van der Waals surface area (Å²) in [7, 11) is 0. The first-order valence-electron chi connectivity index (χ1n) is 8.14. The van der Waals surface area contributed by atoms with Crippen LogP contribution in [0.15, 0.2) is 36.4 Å². The highest BCUT2D eigenvalue weighted by Gasteiger charge is 2.20. The standard InChI is InChI=1S/C18H25FN2/c19-18-8-6-17(7-9-18)15-21-12-10-20(11-13-21)14-16-4-2-1-3-5-16/h1-2,6-9,16H,3-5,10-15H2/t16-/m0/s1. The summed E-state index contributed by atoms with van der Waals surface area (Å²) in [6.45, 7) is 6.79. The van der Waals surface area contributed by atoms with Crippen molar-refractivity contribution in [1.29, 1.82) is 0 Å². The van der Waals surface area contributed by atoms with Crippen LogP contribution in [0.1, 0.15) is 24.8 Å². The molecule has 3 rings (SSSR count). The first-order valence-corrected chi connectivity index (χ1v) is 8.14. The number of allylic oxidation sites excluding steroid dienone is 2. The zero-order chi connectivity index (χ0) is 14.5. The normalized spacial score (nSPS) is 24.3. The Hall–Kier alpha value is -1.19. The Morgan fingerprint density at radius 1 is 0.952 bits per heavy atom. The maximum Gasteiger partial charge on any atom is 0.123 e. The van der Waals surface area contributed by atoms with Crippen molar-refractivity contribution in [2.24, 2.45) is 5.92 Å². The van der Waals surface area contributed by atoms with Crippen LogP contribution in [0.5, 0.6) is 0 Å². The van der Waals surface area contributed by atoms with Crippen LogP contribution in [0.3, 0.4) is 0 Å². The third kappa shape index (κ3) is 4.39. The Bertz CT molecular complexity index is 461. The van der Waals surface area contributed by atoms with E-state index < -0.39 is 0 Å². The van der Waals surface area contributed by atoms with Crippen molar-refractivity contribution in [1.82, 2.24) is 9.80 Å². The first-order chi connectivity index (χ1) is 10.3.